The molecule has 1 saturated heterocycles. The van der Waals surface area contributed by atoms with E-state index in [0.29, 0.717) is 52.2 Å². The predicted octanol–water partition coefficient (Wildman–Crippen LogP) is 0.621. The molecule has 1 aromatic heterocycles. The molecule has 0 saturated carbocycles. The summed E-state index contributed by atoms with van der Waals surface area (Å²) in [6.07, 6.45) is 0.380. The number of aryl methyl sites for hydroxylation is 3. The van der Waals surface area contributed by atoms with Crippen LogP contribution in [0.3, 0.4) is 0 Å². The van der Waals surface area contributed by atoms with E-state index in [-0.39, 0.29) is 5.91 Å². The van der Waals surface area contributed by atoms with Gasteiger partial charge in [-0.3, -0.25) is 9.48 Å². The van der Waals surface area contributed by atoms with Crippen molar-refractivity contribution in [3.8, 4) is 0 Å². The summed E-state index contributed by atoms with van der Waals surface area (Å²) in [6.45, 7) is 10.6. The Hall–Kier alpha value is -1.45. The topological polar surface area (TPSA) is 78.8 Å². The molecule has 0 aliphatic carbocycles. The Labute approximate surface area is 150 Å². The summed E-state index contributed by atoms with van der Waals surface area (Å²) in [5, 5.41) is 4.36. The second-order valence-electron chi connectivity index (χ2n) is 6.27. The van der Waals surface area contributed by atoms with Gasteiger partial charge in [0.15, 0.2) is 0 Å². The first kappa shape index (κ1) is 19.9. The van der Waals surface area contributed by atoms with Crippen molar-refractivity contribution in [1.29, 1.82) is 0 Å². The highest BCUT2D eigenvalue weighted by Gasteiger charge is 2.31. The minimum Gasteiger partial charge on any atom is -0.340 e. The number of hydrogen-bond donors (Lipinski definition) is 0. The quantitative estimate of drug-likeness (QED) is 0.704. The van der Waals surface area contributed by atoms with E-state index in [9.17, 15) is 13.2 Å². The number of aromatic nitrogens is 2. The summed E-state index contributed by atoms with van der Waals surface area (Å²) < 4.78 is 29.8. The van der Waals surface area contributed by atoms with Crippen LogP contribution in [-0.4, -0.2) is 76.9 Å². The molecule has 1 amide bonds. The van der Waals surface area contributed by atoms with Gasteiger partial charge in [-0.1, -0.05) is 13.8 Å². The first-order valence-corrected chi connectivity index (χ1v) is 10.2. The molecule has 1 aliphatic rings. The molecular weight excluding hydrogens is 342 g/mol. The predicted molar refractivity (Wildman–Crippen MR) is 96.3 cm³/mol. The maximum Gasteiger partial charge on any atom is 0.282 e. The van der Waals surface area contributed by atoms with E-state index >= 15 is 0 Å². The average Bonchev–Trinajstić information content (AvgIpc) is 2.91. The fraction of sp³-hybridized carbons (Fsp3) is 0.750. The molecule has 8 nitrogen and oxygen atoms in total. The zero-order chi connectivity index (χ0) is 18.6. The third kappa shape index (κ3) is 4.59. The number of piperazine rings is 1. The molecule has 0 aromatic carbocycles. The van der Waals surface area contributed by atoms with Crippen molar-refractivity contribution >= 4 is 16.1 Å². The molecule has 25 heavy (non-hydrogen) atoms. The fourth-order valence-electron chi connectivity index (χ4n) is 3.14. The highest BCUT2D eigenvalue weighted by molar-refractivity contribution is 7.86. The third-order valence-electron chi connectivity index (χ3n) is 4.59. The van der Waals surface area contributed by atoms with Gasteiger partial charge in [-0.25, -0.2) is 0 Å². The van der Waals surface area contributed by atoms with E-state index in [1.807, 2.05) is 38.4 Å². The molecule has 142 valence electrons. The normalized spacial score (nSPS) is 16.6. The van der Waals surface area contributed by atoms with Gasteiger partial charge in [-0.2, -0.15) is 22.1 Å². The van der Waals surface area contributed by atoms with Crippen molar-refractivity contribution in [3.63, 3.8) is 0 Å². The van der Waals surface area contributed by atoms with Crippen LogP contribution < -0.4 is 0 Å². The molecule has 0 atom stereocenters. The molecule has 9 heteroatoms. The van der Waals surface area contributed by atoms with Crippen molar-refractivity contribution < 1.29 is 13.2 Å². The van der Waals surface area contributed by atoms with Crippen LogP contribution in [0.5, 0.6) is 0 Å². The van der Waals surface area contributed by atoms with E-state index in [1.165, 1.54) is 8.61 Å². The average molecular weight is 372 g/mol. The number of carbonyl (C=O) groups excluding carboxylic acids is 1. The van der Waals surface area contributed by atoms with Gasteiger partial charge in [0.2, 0.25) is 5.91 Å². The maximum absolute atomic E-state index is 12.5. The van der Waals surface area contributed by atoms with Crippen LogP contribution in [0.1, 0.15) is 31.7 Å². The van der Waals surface area contributed by atoms with E-state index in [0.717, 1.165) is 11.4 Å². The van der Waals surface area contributed by atoms with Gasteiger partial charge in [0.1, 0.15) is 0 Å². The maximum atomic E-state index is 12.5. The number of amides is 1. The largest absolute Gasteiger partial charge is 0.340 e. The van der Waals surface area contributed by atoms with Gasteiger partial charge < -0.3 is 4.90 Å². The molecule has 0 unspecified atom stereocenters. The summed E-state index contributed by atoms with van der Waals surface area (Å²) in [7, 11) is -3.42. The van der Waals surface area contributed by atoms with Crippen molar-refractivity contribution in [2.75, 3.05) is 39.3 Å². The molecule has 2 rings (SSSR count). The standard InChI is InChI=1S/C16H29N5O3S/c1-5-19(6-2)25(23,24)20-11-9-18(10-12-20)16(22)7-8-21-15(4)13-14(3)17-21/h13H,5-12H2,1-4H3. The minimum atomic E-state index is -3.42. The number of nitrogens with zero attached hydrogens (tertiary/aromatic N) is 5. The van der Waals surface area contributed by atoms with Crippen LogP contribution in [-0.2, 0) is 21.5 Å². The Kier molecular flexibility index (Phi) is 6.59. The van der Waals surface area contributed by atoms with Crippen molar-refractivity contribution in [2.45, 2.75) is 40.7 Å². The lowest BCUT2D eigenvalue weighted by Crippen LogP contribution is -2.54. The van der Waals surface area contributed by atoms with E-state index in [4.69, 9.17) is 0 Å². The Morgan fingerprint density at radius 2 is 1.76 bits per heavy atom. The summed E-state index contributed by atoms with van der Waals surface area (Å²) in [5.74, 6) is 0.0486. The highest BCUT2D eigenvalue weighted by Crippen LogP contribution is 2.13. The molecule has 1 aliphatic heterocycles. The van der Waals surface area contributed by atoms with Crippen molar-refractivity contribution in [2.24, 2.45) is 0 Å². The SMILES string of the molecule is CCN(CC)S(=O)(=O)N1CCN(C(=O)CCn2nc(C)cc2C)CC1. The Morgan fingerprint density at radius 1 is 1.16 bits per heavy atom. The molecule has 0 spiro atoms. The Morgan fingerprint density at radius 3 is 2.24 bits per heavy atom. The molecule has 2 heterocycles. The van der Waals surface area contributed by atoms with Crippen LogP contribution >= 0.6 is 0 Å². The van der Waals surface area contributed by atoms with Crippen molar-refractivity contribution in [3.05, 3.63) is 17.5 Å². The van der Waals surface area contributed by atoms with Gasteiger partial charge in [-0.05, 0) is 19.9 Å². The van der Waals surface area contributed by atoms with Crippen LogP contribution in [0.4, 0.5) is 0 Å². The van der Waals surface area contributed by atoms with Gasteiger partial charge in [0.05, 0.1) is 5.69 Å². The summed E-state index contributed by atoms with van der Waals surface area (Å²) >= 11 is 0. The monoisotopic (exact) mass is 371 g/mol. The van der Waals surface area contributed by atoms with Crippen molar-refractivity contribution in [1.82, 2.24) is 23.3 Å². The van der Waals surface area contributed by atoms with E-state index < -0.39 is 10.2 Å². The summed E-state index contributed by atoms with van der Waals surface area (Å²) in [5.41, 5.74) is 1.99. The lowest BCUT2D eigenvalue weighted by molar-refractivity contribution is -0.132. The molecule has 0 bridgehead atoms. The van der Waals surface area contributed by atoms with E-state index in [1.54, 1.807) is 4.90 Å². The smallest absolute Gasteiger partial charge is 0.282 e. The summed E-state index contributed by atoms with van der Waals surface area (Å²) in [4.78, 5) is 14.1. The van der Waals surface area contributed by atoms with E-state index in [2.05, 4.69) is 5.10 Å². The second-order valence-corrected chi connectivity index (χ2v) is 8.20. The third-order valence-corrected chi connectivity index (χ3v) is 6.78. The van der Waals surface area contributed by atoms with Crippen LogP contribution in [0.2, 0.25) is 0 Å². The Balaban J connectivity index is 1.87. The molecular formula is C16H29N5O3S. The van der Waals surface area contributed by atoms with Gasteiger partial charge in [-0.15, -0.1) is 0 Å². The Bertz CT molecular complexity index is 689. The first-order valence-electron chi connectivity index (χ1n) is 8.83. The lowest BCUT2D eigenvalue weighted by atomic mass is 10.3. The lowest BCUT2D eigenvalue weighted by Gasteiger charge is -2.36. The molecule has 0 N–H and O–H groups in total. The highest BCUT2D eigenvalue weighted by atomic mass is 32.2. The second kappa shape index (κ2) is 8.29. The first-order chi connectivity index (χ1) is 11.8. The van der Waals surface area contributed by atoms with Gasteiger partial charge >= 0.3 is 0 Å². The molecule has 1 fully saturated rings. The zero-order valence-corrected chi connectivity index (χ0v) is 16.4. The summed E-state index contributed by atoms with van der Waals surface area (Å²) in [6, 6.07) is 1.99. The zero-order valence-electron chi connectivity index (χ0n) is 15.6. The van der Waals surface area contributed by atoms with Crippen LogP contribution in [0.25, 0.3) is 0 Å². The number of hydrogen-bond acceptors (Lipinski definition) is 4. The molecule has 0 radical (unpaired) electrons. The number of rotatable bonds is 7. The van der Waals surface area contributed by atoms with Crippen LogP contribution in [0.15, 0.2) is 6.07 Å². The minimum absolute atomic E-state index is 0.0486. The number of carbonyl (C=O) groups is 1. The fourth-order valence-corrected chi connectivity index (χ4v) is 4.75. The van der Waals surface area contributed by atoms with Gasteiger partial charge in [0.25, 0.3) is 10.2 Å². The van der Waals surface area contributed by atoms with Gasteiger partial charge in [0, 0.05) is 57.9 Å². The molecule has 1 aromatic rings. The van der Waals surface area contributed by atoms with Crippen LogP contribution in [0, 0.1) is 13.8 Å².